The van der Waals surface area contributed by atoms with E-state index in [1.807, 2.05) is 42.3 Å². The van der Waals surface area contributed by atoms with E-state index >= 15 is 0 Å². The molecule has 0 saturated carbocycles. The van der Waals surface area contributed by atoms with Gasteiger partial charge in [0.15, 0.2) is 0 Å². The number of hydrogen-bond donors (Lipinski definition) is 4. The molecule has 44 heavy (non-hydrogen) atoms. The Morgan fingerprint density at radius 1 is 1.16 bits per heavy atom. The van der Waals surface area contributed by atoms with Crippen molar-refractivity contribution in [1.82, 2.24) is 14.5 Å². The van der Waals surface area contributed by atoms with E-state index in [0.717, 1.165) is 46.5 Å². The fraction of sp³-hybridized carbons (Fsp3) is 0.219. The van der Waals surface area contributed by atoms with Crippen molar-refractivity contribution in [3.63, 3.8) is 0 Å². The molecule has 1 fully saturated rings. The molecule has 3 heterocycles. The number of rotatable bonds is 8. The number of benzene rings is 2. The minimum atomic E-state index is -0.468. The predicted molar refractivity (Wildman–Crippen MR) is 172 cm³/mol. The molecule has 0 atom stereocenters. The highest BCUT2D eigenvalue weighted by Crippen LogP contribution is 2.34. The first-order valence-electron chi connectivity index (χ1n) is 14.0. The third kappa shape index (κ3) is 6.55. The average Bonchev–Trinajstić information content (AvgIpc) is 3.46. The van der Waals surface area contributed by atoms with Crippen molar-refractivity contribution in [3.8, 4) is 22.9 Å². The molecule has 4 aromatic rings. The molecule has 1 saturated heterocycles. The molecule has 10 nitrogen and oxygen atoms in total. The first-order chi connectivity index (χ1) is 21.2. The molecule has 0 amide bonds. The second kappa shape index (κ2) is 13.0. The molecular formula is C32H33ClFN9O. The Kier molecular flexibility index (Phi) is 8.92. The molecule has 1 aliphatic rings. The summed E-state index contributed by atoms with van der Waals surface area (Å²) in [6.07, 6.45) is 8.31. The second-order valence-corrected chi connectivity index (χ2v) is 10.9. The van der Waals surface area contributed by atoms with Gasteiger partial charge in [-0.15, -0.1) is 0 Å². The number of hydrogen-bond acceptors (Lipinski definition) is 8. The van der Waals surface area contributed by atoms with Gasteiger partial charge >= 0.3 is 0 Å². The normalized spacial score (nSPS) is 15.0. The Bertz CT molecular complexity index is 1830. The number of piperidine rings is 1. The van der Waals surface area contributed by atoms with Crippen LogP contribution in [0.2, 0.25) is 5.02 Å². The molecule has 12 heteroatoms. The number of aryl methyl sites for hydroxylation is 1. The molecule has 0 aliphatic carbocycles. The molecule has 0 unspecified atom stereocenters. The van der Waals surface area contributed by atoms with Gasteiger partial charge in [0, 0.05) is 37.0 Å². The average molecular weight is 614 g/mol. The van der Waals surface area contributed by atoms with Crippen molar-refractivity contribution in [2.75, 3.05) is 25.5 Å². The third-order valence-electron chi connectivity index (χ3n) is 7.58. The van der Waals surface area contributed by atoms with Gasteiger partial charge in [0.2, 0.25) is 0 Å². The van der Waals surface area contributed by atoms with Crippen molar-refractivity contribution in [2.45, 2.75) is 25.8 Å². The lowest BCUT2D eigenvalue weighted by molar-refractivity contribution is 0.269. The number of anilines is 1. The third-order valence-corrected chi connectivity index (χ3v) is 7.90. The summed E-state index contributed by atoms with van der Waals surface area (Å²) in [5.41, 5.74) is 23.9. The number of halogens is 2. The summed E-state index contributed by atoms with van der Waals surface area (Å²) in [5.74, 6) is 1.00. The standard InChI is InChI=1S/C32H33ClFN9O/c1-19-13-24(44-2)5-6-25(19)20-14-29-31(40-23-9-11-42(12-10-23)30(37)8-4-22(36)16-35)26(17-39-43(29)18-20)32(38)41-28-15-21(34)3-7-27(28)33/h3-8,13-15,17-18,23,40H,9-12,36-37H2,1-2H3,(H2,38,41)/b22-4-,30-8+. The quantitative estimate of drug-likeness (QED) is 0.0915. The monoisotopic (exact) mass is 613 g/mol. The smallest absolute Gasteiger partial charge is 0.135 e. The summed E-state index contributed by atoms with van der Waals surface area (Å²) in [6.45, 7) is 3.41. The van der Waals surface area contributed by atoms with Gasteiger partial charge in [0.1, 0.15) is 29.2 Å². The van der Waals surface area contributed by atoms with Crippen LogP contribution < -0.4 is 27.3 Å². The van der Waals surface area contributed by atoms with E-state index in [4.69, 9.17) is 38.8 Å². The first-order valence-corrected chi connectivity index (χ1v) is 14.3. The highest BCUT2D eigenvalue weighted by Gasteiger charge is 2.23. The summed E-state index contributed by atoms with van der Waals surface area (Å²) >= 11 is 6.29. The molecule has 0 bridgehead atoms. The molecule has 5 rings (SSSR count). The van der Waals surface area contributed by atoms with Gasteiger partial charge in [-0.05, 0) is 73.4 Å². The number of aliphatic imine (C=N–C) groups is 1. The summed E-state index contributed by atoms with van der Waals surface area (Å²) in [6, 6.07) is 13.9. The van der Waals surface area contributed by atoms with Crippen molar-refractivity contribution < 1.29 is 9.13 Å². The van der Waals surface area contributed by atoms with E-state index in [1.165, 1.54) is 24.3 Å². The van der Waals surface area contributed by atoms with Crippen molar-refractivity contribution >= 4 is 34.3 Å². The Balaban J connectivity index is 1.51. The number of nitrogens with zero attached hydrogens (tertiary/aromatic N) is 5. The van der Waals surface area contributed by atoms with Crippen LogP contribution in [0.15, 0.2) is 83.5 Å². The highest BCUT2D eigenvalue weighted by molar-refractivity contribution is 6.33. The molecular weight excluding hydrogens is 581 g/mol. The molecule has 2 aromatic carbocycles. The Hall–Kier alpha value is -5.21. The lowest BCUT2D eigenvalue weighted by atomic mass is 10.0. The molecule has 226 valence electrons. The highest BCUT2D eigenvalue weighted by atomic mass is 35.5. The van der Waals surface area contributed by atoms with Crippen molar-refractivity contribution in [3.05, 3.63) is 100 Å². The van der Waals surface area contributed by atoms with E-state index < -0.39 is 5.82 Å². The number of methoxy groups -OCH3 is 1. The SMILES string of the molecule is COc1ccc(-c2cc3c(NC4CCN(/C(N)=C/C=C(\N)C#N)CC4)c(C(N)=Nc4cc(F)ccc4Cl)cnn3c2)c(C)c1. The molecule has 1 aliphatic heterocycles. The van der Waals surface area contributed by atoms with Gasteiger partial charge in [-0.3, -0.25) is 0 Å². The lowest BCUT2D eigenvalue weighted by Gasteiger charge is -2.34. The fourth-order valence-electron chi connectivity index (χ4n) is 5.20. The van der Waals surface area contributed by atoms with Crippen LogP contribution >= 0.6 is 11.6 Å². The summed E-state index contributed by atoms with van der Waals surface area (Å²) in [5, 5.41) is 17.5. The summed E-state index contributed by atoms with van der Waals surface area (Å²) in [7, 11) is 1.64. The minimum Gasteiger partial charge on any atom is -0.497 e. The van der Waals surface area contributed by atoms with Crippen LogP contribution in [0, 0.1) is 24.1 Å². The number of likely N-dealkylation sites (tertiary alicyclic amines) is 1. The van der Waals surface area contributed by atoms with Gasteiger partial charge < -0.3 is 32.2 Å². The number of allylic oxidation sites excluding steroid dienone is 3. The van der Waals surface area contributed by atoms with Crippen LogP contribution in [0.25, 0.3) is 16.6 Å². The van der Waals surface area contributed by atoms with Crippen molar-refractivity contribution in [2.24, 2.45) is 22.2 Å². The maximum absolute atomic E-state index is 14.0. The van der Waals surface area contributed by atoms with E-state index in [0.29, 0.717) is 24.5 Å². The van der Waals surface area contributed by atoms with Crippen molar-refractivity contribution in [1.29, 1.82) is 5.26 Å². The van der Waals surface area contributed by atoms with Crippen LogP contribution in [-0.4, -0.2) is 46.6 Å². The molecule has 7 N–H and O–H groups in total. The van der Waals surface area contributed by atoms with E-state index in [9.17, 15) is 4.39 Å². The largest absolute Gasteiger partial charge is 0.497 e. The molecule has 2 aromatic heterocycles. The Labute approximate surface area is 259 Å². The maximum Gasteiger partial charge on any atom is 0.135 e. The predicted octanol–water partition coefficient (Wildman–Crippen LogP) is 5.19. The Morgan fingerprint density at radius 2 is 1.93 bits per heavy atom. The van der Waals surface area contributed by atoms with Gasteiger partial charge in [0.05, 0.1) is 46.6 Å². The number of nitrogens with two attached hydrogens (primary N) is 3. The van der Waals surface area contributed by atoms with Crippen LogP contribution in [0.4, 0.5) is 15.8 Å². The number of nitrogens with one attached hydrogen (secondary N) is 1. The van der Waals surface area contributed by atoms with Crippen LogP contribution in [0.1, 0.15) is 24.0 Å². The zero-order chi connectivity index (χ0) is 31.4. The maximum atomic E-state index is 14.0. The van der Waals surface area contributed by atoms with Gasteiger partial charge in [-0.1, -0.05) is 17.7 Å². The van der Waals surface area contributed by atoms with Crippen LogP contribution in [-0.2, 0) is 0 Å². The number of fused-ring (bicyclic) bond motifs is 1. The first kappa shape index (κ1) is 30.3. The van der Waals surface area contributed by atoms with Gasteiger partial charge in [0.25, 0.3) is 0 Å². The van der Waals surface area contributed by atoms with E-state index in [2.05, 4.69) is 21.5 Å². The van der Waals surface area contributed by atoms with E-state index in [1.54, 1.807) is 23.9 Å². The fourth-order valence-corrected chi connectivity index (χ4v) is 5.36. The van der Waals surface area contributed by atoms with Crippen LogP contribution in [0.5, 0.6) is 5.75 Å². The molecule has 0 spiro atoms. The number of nitriles is 1. The lowest BCUT2D eigenvalue weighted by Crippen LogP contribution is -2.40. The van der Waals surface area contributed by atoms with Gasteiger partial charge in [-0.25, -0.2) is 13.9 Å². The second-order valence-electron chi connectivity index (χ2n) is 10.5. The minimum absolute atomic E-state index is 0.0790. The summed E-state index contributed by atoms with van der Waals surface area (Å²) in [4.78, 5) is 6.52. The number of aromatic nitrogens is 2. The van der Waals surface area contributed by atoms with E-state index in [-0.39, 0.29) is 28.3 Å². The topological polar surface area (TPSA) is 156 Å². The van der Waals surface area contributed by atoms with Gasteiger partial charge in [-0.2, -0.15) is 10.4 Å². The number of ether oxygens (including phenoxy) is 1. The zero-order valence-electron chi connectivity index (χ0n) is 24.4. The Morgan fingerprint density at radius 3 is 2.64 bits per heavy atom. The number of amidine groups is 1. The molecule has 0 radical (unpaired) electrons. The summed E-state index contributed by atoms with van der Waals surface area (Å²) < 4.78 is 21.2. The zero-order valence-corrected chi connectivity index (χ0v) is 25.1. The van der Waals surface area contributed by atoms with Crippen LogP contribution in [0.3, 0.4) is 0 Å².